The van der Waals surface area contributed by atoms with E-state index in [1.54, 1.807) is 12.1 Å². The lowest BCUT2D eigenvalue weighted by Gasteiger charge is -2.45. The molecule has 2 N–H and O–H groups in total. The standard InChI is InChI=1S/C27H28N2O3/c1-27(16-15-20-17-21(26(31)32)12-13-24(20)29(27)2)22-9-6-10-23(18-22)28-25(30)14-11-19-7-4-3-5-8-19/h3-10,12-13,17-18H,11,14-16H2,1-2H3,(H,28,30)(H,31,32). The minimum Gasteiger partial charge on any atom is -0.478 e. The number of benzene rings is 3. The number of carbonyl (C=O) groups excluding carboxylic acids is 1. The van der Waals surface area contributed by atoms with Crippen molar-refractivity contribution in [3.8, 4) is 0 Å². The molecular formula is C27H28N2O3. The Morgan fingerprint density at radius 3 is 2.56 bits per heavy atom. The van der Waals surface area contributed by atoms with Crippen LogP contribution in [-0.2, 0) is 23.2 Å². The van der Waals surface area contributed by atoms with E-state index in [-0.39, 0.29) is 11.4 Å². The molecule has 0 saturated heterocycles. The molecule has 1 aliphatic heterocycles. The van der Waals surface area contributed by atoms with Gasteiger partial charge in [0.05, 0.1) is 11.1 Å². The number of hydrogen-bond acceptors (Lipinski definition) is 3. The predicted octanol–water partition coefficient (Wildman–Crippen LogP) is 5.25. The van der Waals surface area contributed by atoms with Gasteiger partial charge in [-0.15, -0.1) is 0 Å². The number of nitrogens with one attached hydrogen (secondary N) is 1. The van der Waals surface area contributed by atoms with Crippen molar-refractivity contribution in [2.75, 3.05) is 17.3 Å². The Bertz CT molecular complexity index is 1140. The highest BCUT2D eigenvalue weighted by Crippen LogP contribution is 2.42. The van der Waals surface area contributed by atoms with E-state index in [1.165, 1.54) is 0 Å². The highest BCUT2D eigenvalue weighted by Gasteiger charge is 2.36. The molecule has 4 rings (SSSR count). The van der Waals surface area contributed by atoms with E-state index < -0.39 is 5.97 Å². The van der Waals surface area contributed by atoms with Crippen LogP contribution in [0.25, 0.3) is 0 Å². The maximum absolute atomic E-state index is 12.5. The normalized spacial score (nSPS) is 17.5. The lowest BCUT2D eigenvalue weighted by molar-refractivity contribution is -0.116. The van der Waals surface area contributed by atoms with Gasteiger partial charge in [0.2, 0.25) is 5.91 Å². The number of aryl methyl sites for hydroxylation is 2. The van der Waals surface area contributed by atoms with Crippen molar-refractivity contribution in [2.24, 2.45) is 0 Å². The molecule has 0 aliphatic carbocycles. The maximum Gasteiger partial charge on any atom is 0.335 e. The Morgan fingerprint density at radius 1 is 1.03 bits per heavy atom. The van der Waals surface area contributed by atoms with E-state index in [4.69, 9.17) is 0 Å². The second-order valence-corrected chi connectivity index (χ2v) is 8.60. The third kappa shape index (κ3) is 4.37. The summed E-state index contributed by atoms with van der Waals surface area (Å²) in [5.74, 6) is -0.904. The van der Waals surface area contributed by atoms with E-state index in [9.17, 15) is 14.7 Å². The summed E-state index contributed by atoms with van der Waals surface area (Å²) in [5, 5.41) is 12.3. The monoisotopic (exact) mass is 428 g/mol. The molecule has 0 spiro atoms. The van der Waals surface area contributed by atoms with Crippen LogP contribution in [-0.4, -0.2) is 24.0 Å². The third-order valence-corrected chi connectivity index (χ3v) is 6.56. The van der Waals surface area contributed by atoms with Crippen LogP contribution in [0.3, 0.4) is 0 Å². The fourth-order valence-corrected chi connectivity index (χ4v) is 4.45. The Labute approximate surface area is 188 Å². The number of carboxylic acid groups (broad SMARTS) is 1. The van der Waals surface area contributed by atoms with Crippen LogP contribution in [0.1, 0.15) is 46.8 Å². The summed E-state index contributed by atoms with van der Waals surface area (Å²) >= 11 is 0. The van der Waals surface area contributed by atoms with Crippen molar-refractivity contribution in [3.63, 3.8) is 0 Å². The van der Waals surface area contributed by atoms with Crippen LogP contribution in [0.15, 0.2) is 72.8 Å². The Morgan fingerprint density at radius 2 is 1.81 bits per heavy atom. The number of anilines is 2. The van der Waals surface area contributed by atoms with Gasteiger partial charge in [-0.1, -0.05) is 42.5 Å². The van der Waals surface area contributed by atoms with E-state index >= 15 is 0 Å². The highest BCUT2D eigenvalue weighted by molar-refractivity contribution is 5.91. The van der Waals surface area contributed by atoms with Crippen molar-refractivity contribution in [3.05, 3.63) is 95.1 Å². The highest BCUT2D eigenvalue weighted by atomic mass is 16.4. The maximum atomic E-state index is 12.5. The van der Waals surface area contributed by atoms with Crippen molar-refractivity contribution in [1.29, 1.82) is 0 Å². The molecule has 1 amide bonds. The van der Waals surface area contributed by atoms with Gasteiger partial charge in [0.25, 0.3) is 0 Å². The number of rotatable bonds is 6. The van der Waals surface area contributed by atoms with Gasteiger partial charge in [-0.05, 0) is 73.2 Å². The van der Waals surface area contributed by atoms with E-state index in [1.807, 2.05) is 61.6 Å². The molecule has 164 valence electrons. The first-order valence-corrected chi connectivity index (χ1v) is 10.9. The van der Waals surface area contributed by atoms with Gasteiger partial charge in [-0.3, -0.25) is 4.79 Å². The summed E-state index contributed by atoms with van der Waals surface area (Å²) in [7, 11) is 2.05. The number of amides is 1. The average molecular weight is 429 g/mol. The summed E-state index contributed by atoms with van der Waals surface area (Å²) in [6, 6.07) is 23.4. The molecule has 3 aromatic carbocycles. The predicted molar refractivity (Wildman–Crippen MR) is 127 cm³/mol. The molecule has 1 aliphatic rings. The van der Waals surface area contributed by atoms with Crippen LogP contribution in [0.5, 0.6) is 0 Å². The van der Waals surface area contributed by atoms with E-state index in [0.717, 1.165) is 40.9 Å². The SMILES string of the molecule is CN1c2ccc(C(=O)O)cc2CCC1(C)c1cccc(NC(=O)CCc2ccccc2)c1. The Balaban J connectivity index is 1.49. The van der Waals surface area contributed by atoms with Crippen LogP contribution >= 0.6 is 0 Å². The van der Waals surface area contributed by atoms with Crippen molar-refractivity contribution < 1.29 is 14.7 Å². The first-order chi connectivity index (χ1) is 15.4. The number of fused-ring (bicyclic) bond motifs is 1. The largest absolute Gasteiger partial charge is 0.478 e. The summed E-state index contributed by atoms with van der Waals surface area (Å²) in [4.78, 5) is 26.0. The van der Waals surface area contributed by atoms with Crippen molar-refractivity contribution in [2.45, 2.75) is 38.1 Å². The zero-order valence-electron chi connectivity index (χ0n) is 18.5. The molecule has 3 aromatic rings. The molecule has 5 heteroatoms. The molecule has 1 unspecified atom stereocenters. The number of carboxylic acids is 1. The molecule has 1 heterocycles. The molecule has 1 atom stereocenters. The number of nitrogens with zero attached hydrogens (tertiary/aromatic N) is 1. The summed E-state index contributed by atoms with van der Waals surface area (Å²) in [5.41, 5.74) is 5.22. The second kappa shape index (κ2) is 8.87. The lowest BCUT2D eigenvalue weighted by Crippen LogP contribution is -2.45. The van der Waals surface area contributed by atoms with E-state index in [0.29, 0.717) is 18.4 Å². The molecule has 0 saturated carbocycles. The van der Waals surface area contributed by atoms with Gasteiger partial charge in [-0.25, -0.2) is 4.79 Å². The van der Waals surface area contributed by atoms with Gasteiger partial charge in [0.15, 0.2) is 0 Å². The molecule has 0 fully saturated rings. The summed E-state index contributed by atoms with van der Waals surface area (Å²) < 4.78 is 0. The average Bonchev–Trinajstić information content (AvgIpc) is 2.81. The second-order valence-electron chi connectivity index (χ2n) is 8.60. The first kappa shape index (κ1) is 21.6. The zero-order chi connectivity index (χ0) is 22.7. The fourth-order valence-electron chi connectivity index (χ4n) is 4.45. The molecule has 32 heavy (non-hydrogen) atoms. The minimum absolute atomic E-state index is 0.000277. The van der Waals surface area contributed by atoms with Crippen LogP contribution in [0, 0.1) is 0 Å². The van der Waals surface area contributed by atoms with E-state index in [2.05, 4.69) is 23.2 Å². The fraction of sp³-hybridized carbons (Fsp3) is 0.259. The molecule has 0 aromatic heterocycles. The zero-order valence-corrected chi connectivity index (χ0v) is 18.5. The van der Waals surface area contributed by atoms with Crippen molar-refractivity contribution in [1.82, 2.24) is 0 Å². The number of aromatic carboxylic acids is 1. The van der Waals surface area contributed by atoms with Gasteiger partial charge in [-0.2, -0.15) is 0 Å². The number of hydrogen-bond donors (Lipinski definition) is 2. The molecule has 5 nitrogen and oxygen atoms in total. The quantitative estimate of drug-likeness (QED) is 0.562. The number of carbonyl (C=O) groups is 2. The molecule has 0 radical (unpaired) electrons. The smallest absolute Gasteiger partial charge is 0.335 e. The third-order valence-electron chi connectivity index (χ3n) is 6.56. The van der Waals surface area contributed by atoms with Crippen molar-refractivity contribution >= 4 is 23.3 Å². The summed E-state index contributed by atoms with van der Waals surface area (Å²) in [6.45, 7) is 2.19. The van der Waals surface area contributed by atoms with Crippen LogP contribution in [0.4, 0.5) is 11.4 Å². The van der Waals surface area contributed by atoms with Gasteiger partial charge < -0.3 is 15.3 Å². The summed E-state index contributed by atoms with van der Waals surface area (Å²) in [6.07, 6.45) is 2.79. The van der Waals surface area contributed by atoms with Crippen LogP contribution in [0.2, 0.25) is 0 Å². The Hall–Kier alpha value is -3.60. The van der Waals surface area contributed by atoms with Gasteiger partial charge in [0.1, 0.15) is 0 Å². The first-order valence-electron chi connectivity index (χ1n) is 10.9. The topological polar surface area (TPSA) is 69.6 Å². The lowest BCUT2D eigenvalue weighted by atomic mass is 9.80. The Kier molecular flexibility index (Phi) is 5.99. The van der Waals surface area contributed by atoms with Crippen LogP contribution < -0.4 is 10.2 Å². The van der Waals surface area contributed by atoms with Gasteiger partial charge >= 0.3 is 5.97 Å². The minimum atomic E-state index is -0.903. The molecular weight excluding hydrogens is 400 g/mol. The van der Waals surface area contributed by atoms with Gasteiger partial charge in [0, 0.05) is 24.8 Å². The molecule has 0 bridgehead atoms.